The molecule has 5 heteroatoms. The van der Waals surface area contributed by atoms with Crippen LogP contribution in [-0.2, 0) is 14.3 Å². The molecule has 0 aliphatic heterocycles. The van der Waals surface area contributed by atoms with Gasteiger partial charge in [0, 0.05) is 12.1 Å². The molecule has 0 heterocycles. The molecule has 0 aliphatic carbocycles. The van der Waals surface area contributed by atoms with E-state index < -0.39 is 0 Å². The number of hydrogen-bond acceptors (Lipinski definition) is 3. The number of ether oxygens (including phenoxy) is 1. The van der Waals surface area contributed by atoms with Crippen LogP contribution in [-0.4, -0.2) is 24.9 Å². The van der Waals surface area contributed by atoms with Crippen LogP contribution in [0.4, 0.5) is 5.69 Å². The van der Waals surface area contributed by atoms with Crippen LogP contribution in [0, 0.1) is 6.92 Å². The van der Waals surface area contributed by atoms with Crippen molar-refractivity contribution in [2.75, 3.05) is 18.3 Å². The van der Waals surface area contributed by atoms with Gasteiger partial charge >= 0.3 is 5.97 Å². The molecule has 0 atom stereocenters. The smallest absolute Gasteiger partial charge is 0.305 e. The third-order valence-electron chi connectivity index (χ3n) is 5.15. The van der Waals surface area contributed by atoms with Crippen molar-refractivity contribution in [3.63, 3.8) is 0 Å². The Kier molecular flexibility index (Phi) is 8.23. The van der Waals surface area contributed by atoms with E-state index in [1.54, 1.807) is 0 Å². The third kappa shape index (κ3) is 6.08. The number of nitrogens with one attached hydrogen (secondary N) is 1. The Bertz CT molecular complexity index is 1090. The number of hydrogen-bond donors (Lipinski definition) is 1. The first-order chi connectivity index (χ1) is 15.5. The number of alkyl halides is 1. The van der Waals surface area contributed by atoms with Crippen molar-refractivity contribution in [3.8, 4) is 0 Å². The van der Waals surface area contributed by atoms with Crippen molar-refractivity contribution in [3.05, 3.63) is 101 Å². The fourth-order valence-electron chi connectivity index (χ4n) is 3.53. The fourth-order valence-corrected chi connectivity index (χ4v) is 3.60. The Hall–Kier alpha value is -3.37. The average Bonchev–Trinajstić information content (AvgIpc) is 2.83. The number of aryl methyl sites for hydroxylation is 1. The van der Waals surface area contributed by atoms with E-state index in [1.807, 2.05) is 42.5 Å². The number of carbonyl (C=O) groups is 2. The van der Waals surface area contributed by atoms with E-state index in [-0.39, 0.29) is 24.2 Å². The van der Waals surface area contributed by atoms with Crippen LogP contribution in [0.3, 0.4) is 0 Å². The second-order valence-corrected chi connectivity index (χ2v) is 7.69. The first-order valence-electron chi connectivity index (χ1n) is 10.4. The molecular formula is C27H26ClNO3. The summed E-state index contributed by atoms with van der Waals surface area (Å²) in [5.41, 5.74) is 7.03. The molecule has 0 saturated heterocycles. The lowest BCUT2D eigenvalue weighted by Crippen LogP contribution is -2.12. The summed E-state index contributed by atoms with van der Waals surface area (Å²) in [5, 5.41) is 2.77. The third-order valence-corrected chi connectivity index (χ3v) is 5.39. The lowest BCUT2D eigenvalue weighted by molar-refractivity contribution is -0.140. The molecule has 1 N–H and O–H groups in total. The van der Waals surface area contributed by atoms with E-state index >= 15 is 0 Å². The maximum Gasteiger partial charge on any atom is 0.305 e. The molecule has 3 aromatic carbocycles. The summed E-state index contributed by atoms with van der Waals surface area (Å²) >= 11 is 5.60. The van der Waals surface area contributed by atoms with Gasteiger partial charge in [0.1, 0.15) is 5.88 Å². The van der Waals surface area contributed by atoms with Gasteiger partial charge in [0.05, 0.1) is 7.11 Å². The highest BCUT2D eigenvalue weighted by Gasteiger charge is 2.16. The highest BCUT2D eigenvalue weighted by atomic mass is 35.5. The Morgan fingerprint density at radius 2 is 1.41 bits per heavy atom. The Morgan fingerprint density at radius 1 is 0.812 bits per heavy atom. The maximum absolute atomic E-state index is 12.0. The summed E-state index contributed by atoms with van der Waals surface area (Å²) in [5.74, 6) is -0.598. The van der Waals surface area contributed by atoms with Gasteiger partial charge in [0.25, 0.3) is 0 Å². The molecule has 0 fully saturated rings. The van der Waals surface area contributed by atoms with Crippen molar-refractivity contribution < 1.29 is 14.3 Å². The highest BCUT2D eigenvalue weighted by molar-refractivity contribution is 6.29. The van der Waals surface area contributed by atoms with Crippen LogP contribution in [0.5, 0.6) is 0 Å². The van der Waals surface area contributed by atoms with Crippen LogP contribution < -0.4 is 5.32 Å². The average molecular weight is 448 g/mol. The molecule has 164 valence electrons. The Morgan fingerprint density at radius 3 is 1.97 bits per heavy atom. The van der Waals surface area contributed by atoms with Crippen LogP contribution >= 0.6 is 11.6 Å². The van der Waals surface area contributed by atoms with Crippen LogP contribution in [0.2, 0.25) is 0 Å². The number of amides is 1. The predicted octanol–water partition coefficient (Wildman–Crippen LogP) is 6.08. The molecule has 3 aromatic rings. The standard InChI is InChI=1S/C27H26ClNO3/c1-19-8-10-21(11-9-19)27(22-12-14-23(15-13-22)29-25(30)18-28)24(16-17-26(31)32-2)20-6-4-3-5-7-20/h3-15H,16-18H2,1-2H3,(H,29,30)/b27-24-. The zero-order chi connectivity index (χ0) is 22.9. The molecule has 4 nitrogen and oxygen atoms in total. The highest BCUT2D eigenvalue weighted by Crippen LogP contribution is 2.35. The summed E-state index contributed by atoms with van der Waals surface area (Å²) < 4.78 is 4.89. The minimum Gasteiger partial charge on any atom is -0.469 e. The normalized spacial score (nSPS) is 11.5. The molecule has 3 rings (SSSR count). The van der Waals surface area contributed by atoms with Crippen molar-refractivity contribution in [1.82, 2.24) is 0 Å². The van der Waals surface area contributed by atoms with Gasteiger partial charge in [-0.05, 0) is 53.3 Å². The summed E-state index contributed by atoms with van der Waals surface area (Å²) in [6.45, 7) is 2.05. The van der Waals surface area contributed by atoms with E-state index in [0.29, 0.717) is 12.1 Å². The number of allylic oxidation sites excluding steroid dienone is 1. The maximum atomic E-state index is 12.0. The number of esters is 1. The quantitative estimate of drug-likeness (QED) is 0.258. The number of benzene rings is 3. The minimum absolute atomic E-state index is 0.0953. The predicted molar refractivity (Wildman–Crippen MR) is 131 cm³/mol. The first-order valence-corrected chi connectivity index (χ1v) is 10.9. The fraction of sp³-hybridized carbons (Fsp3) is 0.185. The van der Waals surface area contributed by atoms with Gasteiger partial charge in [-0.25, -0.2) is 0 Å². The van der Waals surface area contributed by atoms with E-state index in [9.17, 15) is 9.59 Å². The molecule has 0 aliphatic rings. The second-order valence-electron chi connectivity index (χ2n) is 7.42. The number of methoxy groups -OCH3 is 1. The van der Waals surface area contributed by atoms with E-state index in [4.69, 9.17) is 16.3 Å². The van der Waals surface area contributed by atoms with Crippen LogP contribution in [0.1, 0.15) is 35.1 Å². The van der Waals surface area contributed by atoms with Gasteiger partial charge < -0.3 is 10.1 Å². The topological polar surface area (TPSA) is 55.4 Å². The van der Waals surface area contributed by atoms with Crippen molar-refractivity contribution in [2.45, 2.75) is 19.8 Å². The first kappa shape index (κ1) is 23.3. The number of rotatable bonds is 8. The van der Waals surface area contributed by atoms with Gasteiger partial charge in [-0.3, -0.25) is 9.59 Å². The minimum atomic E-state index is -0.253. The van der Waals surface area contributed by atoms with E-state index in [1.165, 1.54) is 12.7 Å². The van der Waals surface area contributed by atoms with Gasteiger partial charge in [0.15, 0.2) is 0 Å². The summed E-state index contributed by atoms with van der Waals surface area (Å²) in [6.07, 6.45) is 0.810. The lowest BCUT2D eigenvalue weighted by Gasteiger charge is -2.18. The van der Waals surface area contributed by atoms with Gasteiger partial charge in [0.2, 0.25) is 5.91 Å². The molecule has 0 unspecified atom stereocenters. The second kappa shape index (κ2) is 11.3. The van der Waals surface area contributed by atoms with Crippen LogP contribution in [0.25, 0.3) is 11.1 Å². The van der Waals surface area contributed by atoms with Crippen molar-refractivity contribution in [2.24, 2.45) is 0 Å². The summed E-state index contributed by atoms with van der Waals surface area (Å²) in [6, 6.07) is 26.1. The van der Waals surface area contributed by atoms with Gasteiger partial charge in [-0.1, -0.05) is 72.3 Å². The monoisotopic (exact) mass is 447 g/mol. The molecule has 0 aromatic heterocycles. The Balaban J connectivity index is 2.16. The molecule has 0 spiro atoms. The van der Waals surface area contributed by atoms with Crippen molar-refractivity contribution in [1.29, 1.82) is 0 Å². The zero-order valence-electron chi connectivity index (χ0n) is 18.2. The number of anilines is 1. The largest absolute Gasteiger partial charge is 0.469 e. The van der Waals surface area contributed by atoms with Crippen molar-refractivity contribution >= 4 is 40.3 Å². The van der Waals surface area contributed by atoms with Gasteiger partial charge in [-0.2, -0.15) is 0 Å². The lowest BCUT2D eigenvalue weighted by atomic mass is 9.87. The van der Waals surface area contributed by atoms with E-state index in [0.717, 1.165) is 27.8 Å². The molecule has 0 saturated carbocycles. The summed E-state index contributed by atoms with van der Waals surface area (Å²) in [4.78, 5) is 23.6. The van der Waals surface area contributed by atoms with E-state index in [2.05, 4.69) is 48.6 Å². The SMILES string of the molecule is COC(=O)CC/C(=C(\c1ccc(C)cc1)c1ccc(NC(=O)CCl)cc1)c1ccccc1. The molecule has 0 radical (unpaired) electrons. The Labute approximate surface area is 193 Å². The molecule has 0 bridgehead atoms. The number of halogens is 1. The summed E-state index contributed by atoms with van der Waals surface area (Å²) in [7, 11) is 1.41. The molecule has 1 amide bonds. The number of carbonyl (C=O) groups excluding carboxylic acids is 2. The molecule has 32 heavy (non-hydrogen) atoms. The van der Waals surface area contributed by atoms with Crippen LogP contribution in [0.15, 0.2) is 78.9 Å². The molecular weight excluding hydrogens is 422 g/mol. The zero-order valence-corrected chi connectivity index (χ0v) is 19.0. The van der Waals surface area contributed by atoms with Gasteiger partial charge in [-0.15, -0.1) is 11.6 Å².